The van der Waals surface area contributed by atoms with Crippen molar-refractivity contribution in [2.24, 2.45) is 5.73 Å². The van der Waals surface area contributed by atoms with E-state index in [0.717, 1.165) is 5.56 Å². The Bertz CT molecular complexity index is 674. The fourth-order valence-corrected chi connectivity index (χ4v) is 4.05. The number of nitrogens with one attached hydrogen (secondary N) is 1. The number of nitrogens with two attached hydrogens (primary N) is 1. The predicted molar refractivity (Wildman–Crippen MR) is 96.9 cm³/mol. The maximum absolute atomic E-state index is 12.7. The van der Waals surface area contributed by atoms with Crippen LogP contribution in [0.25, 0.3) is 0 Å². The molecule has 138 valence electrons. The Kier molecular flexibility index (Phi) is 7.89. The highest BCUT2D eigenvalue weighted by atomic mass is 35.5. The van der Waals surface area contributed by atoms with Crippen LogP contribution in [-0.2, 0) is 19.6 Å². The van der Waals surface area contributed by atoms with Crippen LogP contribution < -0.4 is 10.5 Å². The first kappa shape index (κ1) is 22.9. The number of benzene rings is 1. The van der Waals surface area contributed by atoms with Gasteiger partial charge in [-0.3, -0.25) is 4.79 Å². The summed E-state index contributed by atoms with van der Waals surface area (Å²) in [6, 6.07) is 2.44. The molecule has 0 fully saturated rings. The summed E-state index contributed by atoms with van der Waals surface area (Å²) in [7, 11) is -3.88. The van der Waals surface area contributed by atoms with Crippen molar-refractivity contribution in [3.8, 4) is 0 Å². The van der Waals surface area contributed by atoms with E-state index in [-0.39, 0.29) is 23.8 Å². The van der Waals surface area contributed by atoms with E-state index in [2.05, 4.69) is 4.72 Å². The van der Waals surface area contributed by atoms with E-state index in [1.807, 2.05) is 6.92 Å². The van der Waals surface area contributed by atoms with Gasteiger partial charge in [0, 0.05) is 6.54 Å². The van der Waals surface area contributed by atoms with Crippen LogP contribution in [0.4, 0.5) is 0 Å². The number of aryl methyl sites for hydroxylation is 3. The molecule has 1 rings (SSSR count). The third kappa shape index (κ3) is 6.05. The summed E-state index contributed by atoms with van der Waals surface area (Å²) in [5.41, 5.74) is 7.05. The van der Waals surface area contributed by atoms with Crippen LogP contribution in [0, 0.1) is 20.8 Å². The molecule has 8 heteroatoms. The number of hydrogen-bond acceptors (Lipinski definition) is 5. The summed E-state index contributed by atoms with van der Waals surface area (Å²) in [6.45, 7) is 10.3. The average molecular weight is 379 g/mol. The van der Waals surface area contributed by atoms with Gasteiger partial charge in [0.05, 0.1) is 4.90 Å². The SMILES string of the molecule is Cc1cc(C)c(S(=O)(=O)N[C@@H](CN)C(=O)OC(C)(C)C)c(C)c1.Cl. The fourth-order valence-electron chi connectivity index (χ4n) is 2.40. The monoisotopic (exact) mass is 378 g/mol. The number of halogens is 1. The highest BCUT2D eigenvalue weighted by Gasteiger charge is 2.30. The lowest BCUT2D eigenvalue weighted by atomic mass is 10.1. The van der Waals surface area contributed by atoms with Crippen LogP contribution in [0.15, 0.2) is 17.0 Å². The third-order valence-corrected chi connectivity index (χ3v) is 4.87. The molecule has 0 bridgehead atoms. The van der Waals surface area contributed by atoms with Crippen molar-refractivity contribution in [2.75, 3.05) is 6.54 Å². The third-order valence-electron chi connectivity index (χ3n) is 3.10. The van der Waals surface area contributed by atoms with E-state index in [1.165, 1.54) is 0 Å². The van der Waals surface area contributed by atoms with Gasteiger partial charge in [0.2, 0.25) is 10.0 Å². The van der Waals surface area contributed by atoms with E-state index in [0.29, 0.717) is 11.1 Å². The molecule has 1 aromatic carbocycles. The van der Waals surface area contributed by atoms with Crippen molar-refractivity contribution in [3.63, 3.8) is 0 Å². The standard InChI is InChI=1S/C16H26N2O4S.ClH/c1-10-7-11(2)14(12(3)8-10)23(20,21)18-13(9-17)15(19)22-16(4,5)6;/h7-8,13,18H,9,17H2,1-6H3;1H/t13-;/m0./s1. The number of esters is 1. The van der Waals surface area contributed by atoms with E-state index < -0.39 is 27.6 Å². The van der Waals surface area contributed by atoms with Gasteiger partial charge < -0.3 is 10.5 Å². The number of carbonyl (C=O) groups excluding carboxylic acids is 1. The second kappa shape index (κ2) is 8.29. The fraction of sp³-hybridized carbons (Fsp3) is 0.562. The van der Waals surface area contributed by atoms with Crippen molar-refractivity contribution in [3.05, 3.63) is 28.8 Å². The van der Waals surface area contributed by atoms with Gasteiger partial charge in [0.15, 0.2) is 0 Å². The van der Waals surface area contributed by atoms with Crippen LogP contribution in [0.5, 0.6) is 0 Å². The smallest absolute Gasteiger partial charge is 0.326 e. The lowest BCUT2D eigenvalue weighted by Gasteiger charge is -2.24. The predicted octanol–water partition coefficient (Wildman–Crippen LogP) is 1.98. The number of carbonyl (C=O) groups is 1. The quantitative estimate of drug-likeness (QED) is 0.763. The highest BCUT2D eigenvalue weighted by Crippen LogP contribution is 2.22. The number of ether oxygens (including phenoxy) is 1. The second-order valence-corrected chi connectivity index (χ2v) is 8.32. The Morgan fingerprint density at radius 2 is 1.67 bits per heavy atom. The van der Waals surface area contributed by atoms with Crippen molar-refractivity contribution in [1.29, 1.82) is 0 Å². The topological polar surface area (TPSA) is 98.5 Å². The summed E-state index contributed by atoms with van der Waals surface area (Å²) < 4.78 is 32.9. The zero-order chi connectivity index (χ0) is 18.0. The van der Waals surface area contributed by atoms with Gasteiger partial charge in [-0.05, 0) is 52.7 Å². The molecular formula is C16H27ClN2O4S. The Hall–Kier alpha value is -1.15. The molecule has 1 atom stereocenters. The Morgan fingerprint density at radius 1 is 1.21 bits per heavy atom. The summed E-state index contributed by atoms with van der Waals surface area (Å²) in [5.74, 6) is -0.689. The van der Waals surface area contributed by atoms with Gasteiger partial charge in [-0.15, -0.1) is 12.4 Å². The van der Waals surface area contributed by atoms with Crippen molar-refractivity contribution in [2.45, 2.75) is 58.1 Å². The summed E-state index contributed by atoms with van der Waals surface area (Å²) in [4.78, 5) is 12.3. The van der Waals surface area contributed by atoms with Gasteiger partial charge in [0.25, 0.3) is 0 Å². The number of rotatable bonds is 5. The molecule has 0 unspecified atom stereocenters. The molecule has 0 aliphatic carbocycles. The average Bonchev–Trinajstić information content (AvgIpc) is 2.31. The second-order valence-electron chi connectivity index (χ2n) is 6.67. The summed E-state index contributed by atoms with van der Waals surface area (Å²) in [5, 5.41) is 0. The minimum absolute atomic E-state index is 0. The molecule has 1 aromatic rings. The first-order valence-corrected chi connectivity index (χ1v) is 8.89. The zero-order valence-electron chi connectivity index (χ0n) is 15.0. The zero-order valence-corrected chi connectivity index (χ0v) is 16.6. The van der Waals surface area contributed by atoms with Crippen molar-refractivity contribution >= 4 is 28.4 Å². The first-order chi connectivity index (χ1) is 10.4. The molecule has 0 aliphatic rings. The van der Waals surface area contributed by atoms with Crippen LogP contribution in [0.2, 0.25) is 0 Å². The van der Waals surface area contributed by atoms with Crippen LogP contribution in [0.1, 0.15) is 37.5 Å². The van der Waals surface area contributed by atoms with E-state index in [9.17, 15) is 13.2 Å². The maximum Gasteiger partial charge on any atom is 0.326 e. The molecule has 6 nitrogen and oxygen atoms in total. The van der Waals surface area contributed by atoms with Crippen molar-refractivity contribution in [1.82, 2.24) is 4.72 Å². The Labute approximate surface area is 150 Å². The van der Waals surface area contributed by atoms with Crippen molar-refractivity contribution < 1.29 is 17.9 Å². The molecule has 0 aliphatic heterocycles. The molecular weight excluding hydrogens is 352 g/mol. The first-order valence-electron chi connectivity index (χ1n) is 7.40. The summed E-state index contributed by atoms with van der Waals surface area (Å²) in [6.07, 6.45) is 0. The normalized spacial score (nSPS) is 13.1. The Morgan fingerprint density at radius 3 is 2.04 bits per heavy atom. The minimum Gasteiger partial charge on any atom is -0.459 e. The summed E-state index contributed by atoms with van der Waals surface area (Å²) >= 11 is 0. The van der Waals surface area contributed by atoms with E-state index >= 15 is 0 Å². The molecule has 3 N–H and O–H groups in total. The number of hydrogen-bond donors (Lipinski definition) is 2. The molecule has 0 amide bonds. The minimum atomic E-state index is -3.88. The van der Waals surface area contributed by atoms with Gasteiger partial charge in [-0.25, -0.2) is 8.42 Å². The molecule has 0 spiro atoms. The Balaban J connectivity index is 0.00000529. The van der Waals surface area contributed by atoms with Gasteiger partial charge >= 0.3 is 5.97 Å². The van der Waals surface area contributed by atoms with Crippen LogP contribution in [-0.4, -0.2) is 32.6 Å². The van der Waals surface area contributed by atoms with Gasteiger partial charge in [-0.2, -0.15) is 4.72 Å². The molecule has 0 saturated heterocycles. The van der Waals surface area contributed by atoms with Crippen LogP contribution in [0.3, 0.4) is 0 Å². The van der Waals surface area contributed by atoms with E-state index in [1.54, 1.807) is 46.8 Å². The van der Waals surface area contributed by atoms with Gasteiger partial charge in [-0.1, -0.05) is 17.7 Å². The maximum atomic E-state index is 12.7. The van der Waals surface area contributed by atoms with Crippen LogP contribution >= 0.6 is 12.4 Å². The highest BCUT2D eigenvalue weighted by molar-refractivity contribution is 7.89. The molecule has 0 heterocycles. The lowest BCUT2D eigenvalue weighted by molar-refractivity contribution is -0.156. The largest absolute Gasteiger partial charge is 0.459 e. The number of sulfonamides is 1. The van der Waals surface area contributed by atoms with E-state index in [4.69, 9.17) is 10.5 Å². The van der Waals surface area contributed by atoms with Gasteiger partial charge in [0.1, 0.15) is 11.6 Å². The molecule has 24 heavy (non-hydrogen) atoms. The molecule has 0 radical (unpaired) electrons. The molecule has 0 saturated carbocycles. The molecule has 0 aromatic heterocycles. The lowest BCUT2D eigenvalue weighted by Crippen LogP contribution is -2.48.